The maximum absolute atomic E-state index is 11.1. The van der Waals surface area contributed by atoms with Crippen LogP contribution in [-0.4, -0.2) is 11.3 Å². The number of carbonyl (C=O) groups excluding carboxylic acids is 1. The van der Waals surface area contributed by atoms with Crippen molar-refractivity contribution in [3.8, 4) is 23.3 Å². The molecule has 118 valence electrons. The largest absolute Gasteiger partial charge is 0.480 e. The van der Waals surface area contributed by atoms with Gasteiger partial charge in [-0.15, -0.1) is 0 Å². The summed E-state index contributed by atoms with van der Waals surface area (Å²) in [6.45, 7) is 1.55. The Kier molecular flexibility index (Phi) is 6.05. The lowest BCUT2D eigenvalue weighted by Crippen LogP contribution is -2.19. The minimum Gasteiger partial charge on any atom is -0.480 e. The summed E-state index contributed by atoms with van der Waals surface area (Å²) in [5.41, 5.74) is 0.397. The molecule has 0 aliphatic rings. The van der Waals surface area contributed by atoms with Crippen LogP contribution < -0.4 is 9.47 Å². The molecular formula is C16H10Br2ClNO3. The van der Waals surface area contributed by atoms with E-state index in [9.17, 15) is 4.79 Å². The SMILES string of the molecule is CC(Oc1cc(Oc2ccc(Br)cc2C#N)ccc1Br)C(=O)Cl. The molecule has 0 spiro atoms. The molecule has 0 saturated carbocycles. The van der Waals surface area contributed by atoms with Gasteiger partial charge in [-0.3, -0.25) is 4.79 Å². The molecule has 0 aliphatic heterocycles. The molecule has 0 fully saturated rings. The maximum atomic E-state index is 11.1. The molecule has 0 N–H and O–H groups in total. The van der Waals surface area contributed by atoms with E-state index in [2.05, 4.69) is 37.9 Å². The molecule has 1 unspecified atom stereocenters. The molecule has 2 aromatic carbocycles. The van der Waals surface area contributed by atoms with Crippen molar-refractivity contribution < 1.29 is 14.3 Å². The molecule has 0 bridgehead atoms. The van der Waals surface area contributed by atoms with Gasteiger partial charge in [-0.05, 0) is 64.8 Å². The van der Waals surface area contributed by atoms with E-state index >= 15 is 0 Å². The lowest BCUT2D eigenvalue weighted by atomic mass is 10.2. The van der Waals surface area contributed by atoms with Crippen LogP contribution in [0.2, 0.25) is 0 Å². The zero-order valence-electron chi connectivity index (χ0n) is 11.8. The predicted octanol–water partition coefficient (Wildman–Crippen LogP) is 5.41. The fourth-order valence-corrected chi connectivity index (χ4v) is 2.43. The summed E-state index contributed by atoms with van der Waals surface area (Å²) in [6, 6.07) is 12.3. The molecule has 2 rings (SSSR count). The summed E-state index contributed by atoms with van der Waals surface area (Å²) >= 11 is 12.0. The highest BCUT2D eigenvalue weighted by Crippen LogP contribution is 2.34. The van der Waals surface area contributed by atoms with Gasteiger partial charge in [0.25, 0.3) is 5.24 Å². The Morgan fingerprint density at radius 2 is 1.96 bits per heavy atom. The fraction of sp³-hybridized carbons (Fsp3) is 0.125. The molecule has 0 aromatic heterocycles. The summed E-state index contributed by atoms with van der Waals surface area (Å²) in [5.74, 6) is 1.31. The van der Waals surface area contributed by atoms with Crippen LogP contribution in [0.25, 0.3) is 0 Å². The van der Waals surface area contributed by atoms with Crippen molar-refractivity contribution >= 4 is 48.7 Å². The lowest BCUT2D eigenvalue weighted by Gasteiger charge is -2.14. The van der Waals surface area contributed by atoms with Gasteiger partial charge in [0.1, 0.15) is 23.3 Å². The van der Waals surface area contributed by atoms with Crippen molar-refractivity contribution in [3.63, 3.8) is 0 Å². The van der Waals surface area contributed by atoms with E-state index < -0.39 is 11.3 Å². The zero-order valence-corrected chi connectivity index (χ0v) is 15.8. The van der Waals surface area contributed by atoms with Crippen LogP contribution in [0.1, 0.15) is 12.5 Å². The molecular weight excluding hydrogens is 449 g/mol. The van der Waals surface area contributed by atoms with Gasteiger partial charge in [0.05, 0.1) is 10.0 Å². The molecule has 23 heavy (non-hydrogen) atoms. The number of rotatable bonds is 5. The van der Waals surface area contributed by atoms with E-state index in [1.807, 2.05) is 0 Å². The monoisotopic (exact) mass is 457 g/mol. The van der Waals surface area contributed by atoms with Gasteiger partial charge in [0.15, 0.2) is 6.10 Å². The minimum absolute atomic E-state index is 0.397. The number of benzene rings is 2. The van der Waals surface area contributed by atoms with Gasteiger partial charge in [0.2, 0.25) is 0 Å². The third-order valence-corrected chi connectivity index (χ3v) is 4.27. The van der Waals surface area contributed by atoms with Crippen LogP contribution in [-0.2, 0) is 4.79 Å². The van der Waals surface area contributed by atoms with Gasteiger partial charge >= 0.3 is 0 Å². The van der Waals surface area contributed by atoms with Gasteiger partial charge in [-0.2, -0.15) is 5.26 Å². The third kappa shape index (κ3) is 4.71. The number of carbonyl (C=O) groups is 1. The third-order valence-electron chi connectivity index (χ3n) is 2.82. The van der Waals surface area contributed by atoms with Crippen LogP contribution in [0.3, 0.4) is 0 Å². The Morgan fingerprint density at radius 1 is 1.22 bits per heavy atom. The number of halogens is 3. The summed E-state index contributed by atoms with van der Waals surface area (Å²) in [5, 5.41) is 8.57. The van der Waals surface area contributed by atoms with Gasteiger partial charge in [-0.25, -0.2) is 0 Å². The van der Waals surface area contributed by atoms with Crippen molar-refractivity contribution in [2.75, 3.05) is 0 Å². The lowest BCUT2D eigenvalue weighted by molar-refractivity contribution is -0.117. The second-order valence-corrected chi connectivity index (χ2v) is 6.65. The Balaban J connectivity index is 2.28. The van der Waals surface area contributed by atoms with Crippen LogP contribution in [0.5, 0.6) is 17.2 Å². The van der Waals surface area contributed by atoms with Crippen LogP contribution in [0, 0.1) is 11.3 Å². The van der Waals surface area contributed by atoms with Crippen molar-refractivity contribution in [2.24, 2.45) is 0 Å². The van der Waals surface area contributed by atoms with E-state index in [1.54, 1.807) is 43.3 Å². The maximum Gasteiger partial charge on any atom is 0.262 e. The first-order valence-corrected chi connectivity index (χ1v) is 8.40. The Hall–Kier alpha value is -1.55. The molecule has 2 aromatic rings. The zero-order chi connectivity index (χ0) is 17.0. The molecule has 4 nitrogen and oxygen atoms in total. The molecule has 0 heterocycles. The van der Waals surface area contributed by atoms with Gasteiger partial charge in [0, 0.05) is 10.5 Å². The van der Waals surface area contributed by atoms with Crippen LogP contribution in [0.4, 0.5) is 0 Å². The van der Waals surface area contributed by atoms with Crippen molar-refractivity contribution in [1.82, 2.24) is 0 Å². The fourth-order valence-electron chi connectivity index (χ4n) is 1.68. The predicted molar refractivity (Wildman–Crippen MR) is 94.0 cm³/mol. The van der Waals surface area contributed by atoms with Crippen molar-refractivity contribution in [3.05, 3.63) is 50.9 Å². The van der Waals surface area contributed by atoms with E-state index in [0.29, 0.717) is 27.3 Å². The average molecular weight is 460 g/mol. The van der Waals surface area contributed by atoms with Crippen LogP contribution in [0.15, 0.2) is 45.3 Å². The highest BCUT2D eigenvalue weighted by Gasteiger charge is 2.15. The summed E-state index contributed by atoms with van der Waals surface area (Å²) in [7, 11) is 0. The summed E-state index contributed by atoms with van der Waals surface area (Å²) < 4.78 is 12.7. The molecule has 1 atom stereocenters. The normalized spacial score (nSPS) is 11.4. The van der Waals surface area contributed by atoms with Crippen molar-refractivity contribution in [1.29, 1.82) is 5.26 Å². The van der Waals surface area contributed by atoms with E-state index in [-0.39, 0.29) is 0 Å². The van der Waals surface area contributed by atoms with E-state index in [0.717, 1.165) is 4.47 Å². The van der Waals surface area contributed by atoms with Crippen molar-refractivity contribution in [2.45, 2.75) is 13.0 Å². The molecule has 7 heteroatoms. The number of nitrogens with zero attached hydrogens (tertiary/aromatic N) is 1. The smallest absolute Gasteiger partial charge is 0.262 e. The van der Waals surface area contributed by atoms with Gasteiger partial charge < -0.3 is 9.47 Å². The first kappa shape index (κ1) is 17.8. The van der Waals surface area contributed by atoms with Crippen LogP contribution >= 0.6 is 43.5 Å². The number of hydrogen-bond acceptors (Lipinski definition) is 4. The molecule has 0 saturated heterocycles. The first-order chi connectivity index (χ1) is 10.9. The highest BCUT2D eigenvalue weighted by atomic mass is 79.9. The summed E-state index contributed by atoms with van der Waals surface area (Å²) in [6.07, 6.45) is -0.787. The minimum atomic E-state index is -0.787. The Labute approximate surface area is 155 Å². The van der Waals surface area contributed by atoms with Gasteiger partial charge in [-0.1, -0.05) is 15.9 Å². The summed E-state index contributed by atoms with van der Waals surface area (Å²) in [4.78, 5) is 11.1. The Morgan fingerprint density at radius 3 is 2.61 bits per heavy atom. The second kappa shape index (κ2) is 7.82. The number of nitriles is 1. The topological polar surface area (TPSA) is 59.3 Å². The quantitative estimate of drug-likeness (QED) is 0.561. The molecule has 0 aliphatic carbocycles. The standard InChI is InChI=1S/C16H10Br2ClNO3/c1-9(16(19)21)22-15-7-12(3-4-13(15)18)23-14-5-2-11(17)6-10(14)8-20/h2-7,9H,1H3. The number of hydrogen-bond donors (Lipinski definition) is 0. The number of ether oxygens (including phenoxy) is 2. The Bertz CT molecular complexity index is 789. The first-order valence-electron chi connectivity index (χ1n) is 6.43. The second-order valence-electron chi connectivity index (χ2n) is 4.51. The average Bonchev–Trinajstić information content (AvgIpc) is 2.52. The molecule has 0 radical (unpaired) electrons. The van der Waals surface area contributed by atoms with E-state index in [1.165, 1.54) is 0 Å². The van der Waals surface area contributed by atoms with E-state index in [4.69, 9.17) is 26.3 Å². The molecule has 0 amide bonds. The highest BCUT2D eigenvalue weighted by molar-refractivity contribution is 9.10.